The van der Waals surface area contributed by atoms with Crippen LogP contribution in [0.25, 0.3) is 0 Å². The minimum atomic E-state index is 1.14. The Morgan fingerprint density at radius 3 is 1.60 bits per heavy atom. The first-order valence-corrected chi connectivity index (χ1v) is 9.45. The summed E-state index contributed by atoms with van der Waals surface area (Å²) in [6.45, 7) is 4.43. The Bertz CT molecular complexity index is 146. The van der Waals surface area contributed by atoms with Crippen molar-refractivity contribution in [1.82, 2.24) is 0 Å². The molecule has 88 valence electrons. The van der Waals surface area contributed by atoms with Crippen molar-refractivity contribution >= 4 is 31.4 Å². The first kappa shape index (κ1) is 15.5. The van der Waals surface area contributed by atoms with Gasteiger partial charge in [0.1, 0.15) is 0 Å². The van der Waals surface area contributed by atoms with E-state index in [2.05, 4.69) is 38.2 Å². The molecular formula is C12H22S3. The first-order valence-electron chi connectivity index (χ1n) is 5.62. The number of allylic oxidation sites excluding steroid dienone is 2. The minimum absolute atomic E-state index is 1.14. The van der Waals surface area contributed by atoms with Crippen molar-refractivity contribution < 1.29 is 0 Å². The van der Waals surface area contributed by atoms with Crippen LogP contribution < -0.4 is 0 Å². The van der Waals surface area contributed by atoms with E-state index in [1.807, 2.05) is 31.4 Å². The second-order valence-electron chi connectivity index (χ2n) is 3.16. The molecule has 0 aliphatic rings. The van der Waals surface area contributed by atoms with E-state index in [1.165, 1.54) is 25.7 Å². The number of hydrogen-bond acceptors (Lipinski definition) is 3. The molecule has 0 spiro atoms. The van der Waals surface area contributed by atoms with E-state index < -0.39 is 0 Å². The van der Waals surface area contributed by atoms with E-state index in [1.54, 1.807) is 0 Å². The summed E-state index contributed by atoms with van der Waals surface area (Å²) >= 11 is 0. The quantitative estimate of drug-likeness (QED) is 0.280. The largest absolute Gasteiger partial charge is 0.0877 e. The molecule has 15 heavy (non-hydrogen) atoms. The van der Waals surface area contributed by atoms with Gasteiger partial charge in [0.05, 0.1) is 0 Å². The molecule has 0 fully saturated rings. The molecule has 0 nitrogen and oxygen atoms in total. The summed E-state index contributed by atoms with van der Waals surface area (Å²) in [7, 11) is 5.75. The van der Waals surface area contributed by atoms with Crippen LogP contribution in [0.4, 0.5) is 0 Å². The Hall–Kier alpha value is 0.530. The Balaban J connectivity index is 3.04. The van der Waals surface area contributed by atoms with Crippen LogP contribution in [0.1, 0.15) is 39.5 Å². The predicted molar refractivity (Wildman–Crippen MR) is 80.6 cm³/mol. The maximum Gasteiger partial charge on any atom is 0.0226 e. The van der Waals surface area contributed by atoms with Gasteiger partial charge in [-0.25, -0.2) is 0 Å². The van der Waals surface area contributed by atoms with Crippen molar-refractivity contribution in [2.75, 3.05) is 11.5 Å². The van der Waals surface area contributed by atoms with Gasteiger partial charge >= 0.3 is 0 Å². The topological polar surface area (TPSA) is 0 Å². The molecule has 0 N–H and O–H groups in total. The molecule has 0 radical (unpaired) electrons. The van der Waals surface area contributed by atoms with Crippen LogP contribution in [0.2, 0.25) is 0 Å². The summed E-state index contributed by atoms with van der Waals surface area (Å²) in [6.07, 6.45) is 14.1. The molecule has 0 aromatic rings. The van der Waals surface area contributed by atoms with Gasteiger partial charge in [0, 0.05) is 11.5 Å². The van der Waals surface area contributed by atoms with Crippen LogP contribution >= 0.6 is 31.4 Å². The van der Waals surface area contributed by atoms with E-state index in [0.717, 1.165) is 11.5 Å². The van der Waals surface area contributed by atoms with Crippen molar-refractivity contribution in [3.05, 3.63) is 24.3 Å². The summed E-state index contributed by atoms with van der Waals surface area (Å²) in [5, 5.41) is 0. The van der Waals surface area contributed by atoms with Gasteiger partial charge < -0.3 is 0 Å². The summed E-state index contributed by atoms with van der Waals surface area (Å²) in [5.41, 5.74) is 0. The summed E-state index contributed by atoms with van der Waals surface area (Å²) < 4.78 is 0. The Kier molecular flexibility index (Phi) is 15.0. The van der Waals surface area contributed by atoms with Gasteiger partial charge in [-0.2, -0.15) is 0 Å². The lowest BCUT2D eigenvalue weighted by molar-refractivity contribution is 0.957. The Labute approximate surface area is 107 Å². The van der Waals surface area contributed by atoms with Crippen LogP contribution in [-0.4, -0.2) is 11.5 Å². The molecule has 0 aliphatic carbocycles. The average molecular weight is 263 g/mol. The van der Waals surface area contributed by atoms with Gasteiger partial charge in [0.15, 0.2) is 0 Å². The van der Waals surface area contributed by atoms with Crippen LogP contribution in [0.5, 0.6) is 0 Å². The molecule has 0 unspecified atom stereocenters. The fourth-order valence-corrected chi connectivity index (χ4v) is 4.10. The minimum Gasteiger partial charge on any atom is -0.0877 e. The van der Waals surface area contributed by atoms with E-state index in [-0.39, 0.29) is 0 Å². The van der Waals surface area contributed by atoms with Gasteiger partial charge in [-0.1, -0.05) is 72.6 Å². The lowest BCUT2D eigenvalue weighted by Gasteiger charge is -1.94. The fourth-order valence-electron chi connectivity index (χ4n) is 0.873. The van der Waals surface area contributed by atoms with E-state index in [4.69, 9.17) is 0 Å². The van der Waals surface area contributed by atoms with Crippen molar-refractivity contribution in [2.45, 2.75) is 39.5 Å². The van der Waals surface area contributed by atoms with Crippen LogP contribution in [0.15, 0.2) is 24.3 Å². The molecule has 0 saturated heterocycles. The normalized spacial score (nSPS) is 11.9. The molecule has 0 heterocycles. The molecule has 0 bridgehead atoms. The third-order valence-corrected chi connectivity index (χ3v) is 5.64. The standard InChI is InChI=1S/C12H22S3/c1-3-5-7-9-11-13-15-14-12-10-8-6-4-2/h7-10H,3-6,11-12H2,1-2H3. The molecular weight excluding hydrogens is 240 g/mol. The second-order valence-corrected chi connectivity index (χ2v) is 7.48. The predicted octanol–water partition coefficient (Wildman–Crippen LogP) is 5.73. The van der Waals surface area contributed by atoms with Crippen LogP contribution in [-0.2, 0) is 0 Å². The lowest BCUT2D eigenvalue weighted by Crippen LogP contribution is -1.68. The Morgan fingerprint density at radius 2 is 1.20 bits per heavy atom. The second kappa shape index (κ2) is 14.5. The van der Waals surface area contributed by atoms with E-state index >= 15 is 0 Å². The van der Waals surface area contributed by atoms with Gasteiger partial charge in [-0.15, -0.1) is 0 Å². The van der Waals surface area contributed by atoms with Crippen molar-refractivity contribution in [3.63, 3.8) is 0 Å². The summed E-state index contributed by atoms with van der Waals surface area (Å²) in [4.78, 5) is 0. The highest BCUT2D eigenvalue weighted by Gasteiger charge is 1.86. The number of hydrogen-bond donors (Lipinski definition) is 0. The fraction of sp³-hybridized carbons (Fsp3) is 0.667. The molecule has 0 aromatic heterocycles. The van der Waals surface area contributed by atoms with Crippen molar-refractivity contribution in [1.29, 1.82) is 0 Å². The summed E-state index contributed by atoms with van der Waals surface area (Å²) in [6, 6.07) is 0. The maximum absolute atomic E-state index is 2.28. The number of unbranched alkanes of at least 4 members (excludes halogenated alkanes) is 2. The zero-order valence-corrected chi connectivity index (χ0v) is 12.2. The SMILES string of the molecule is CCCC=CCSSSCC=CCCC. The zero-order chi connectivity index (χ0) is 11.2. The summed E-state index contributed by atoms with van der Waals surface area (Å²) in [5.74, 6) is 2.27. The Morgan fingerprint density at radius 1 is 0.733 bits per heavy atom. The van der Waals surface area contributed by atoms with Crippen LogP contribution in [0, 0.1) is 0 Å². The van der Waals surface area contributed by atoms with Gasteiger partial charge in [-0.3, -0.25) is 0 Å². The van der Waals surface area contributed by atoms with Gasteiger partial charge in [0.2, 0.25) is 0 Å². The smallest absolute Gasteiger partial charge is 0.0226 e. The van der Waals surface area contributed by atoms with Crippen LogP contribution in [0.3, 0.4) is 0 Å². The first-order chi connectivity index (χ1) is 7.41. The third kappa shape index (κ3) is 14.5. The monoisotopic (exact) mass is 262 g/mol. The highest BCUT2D eigenvalue weighted by molar-refractivity contribution is 9.09. The number of rotatable bonds is 10. The molecule has 0 rings (SSSR count). The third-order valence-electron chi connectivity index (χ3n) is 1.67. The molecule has 3 heteroatoms. The zero-order valence-electron chi connectivity index (χ0n) is 9.78. The van der Waals surface area contributed by atoms with Crippen molar-refractivity contribution in [3.8, 4) is 0 Å². The van der Waals surface area contributed by atoms with E-state index in [0.29, 0.717) is 0 Å². The van der Waals surface area contributed by atoms with E-state index in [9.17, 15) is 0 Å². The molecule has 0 atom stereocenters. The maximum atomic E-state index is 2.28. The molecule has 0 aliphatic heterocycles. The van der Waals surface area contributed by atoms with Gasteiger partial charge in [-0.05, 0) is 22.7 Å². The highest BCUT2D eigenvalue weighted by atomic mass is 33.5. The lowest BCUT2D eigenvalue weighted by atomic mass is 10.3. The average Bonchev–Trinajstić information content (AvgIpc) is 2.26. The highest BCUT2D eigenvalue weighted by Crippen LogP contribution is 2.34. The van der Waals surface area contributed by atoms with Gasteiger partial charge in [0.25, 0.3) is 0 Å². The molecule has 0 saturated carbocycles. The van der Waals surface area contributed by atoms with Crippen molar-refractivity contribution in [2.24, 2.45) is 0 Å². The molecule has 0 aromatic carbocycles. The molecule has 0 amide bonds.